The highest BCUT2D eigenvalue weighted by atomic mass is 16.5. The molecule has 3 N–H and O–H groups in total. The van der Waals surface area contributed by atoms with Crippen LogP contribution in [0.2, 0.25) is 0 Å². The molecule has 8 heteroatoms. The minimum absolute atomic E-state index is 0.211. The molecule has 0 aliphatic rings. The van der Waals surface area contributed by atoms with Crippen molar-refractivity contribution in [1.29, 1.82) is 0 Å². The first-order valence-electron chi connectivity index (χ1n) is 8.77. The van der Waals surface area contributed by atoms with Gasteiger partial charge in [0.05, 0.1) is 19.4 Å². The van der Waals surface area contributed by atoms with Crippen molar-refractivity contribution in [2.45, 2.75) is 13.8 Å². The molecule has 0 saturated carbocycles. The highest BCUT2D eigenvalue weighted by Crippen LogP contribution is 2.28. The Kier molecular flexibility index (Phi) is 7.83. The highest BCUT2D eigenvalue weighted by molar-refractivity contribution is 5.95. The maximum Gasteiger partial charge on any atom is 0.271 e. The lowest BCUT2D eigenvalue weighted by Crippen LogP contribution is -2.20. The van der Waals surface area contributed by atoms with Crippen molar-refractivity contribution >= 4 is 18.0 Å². The molecule has 28 heavy (non-hydrogen) atoms. The van der Waals surface area contributed by atoms with Crippen LogP contribution in [0.25, 0.3) is 0 Å². The Labute approximate surface area is 163 Å². The van der Waals surface area contributed by atoms with Gasteiger partial charge in [0.15, 0.2) is 18.1 Å². The highest BCUT2D eigenvalue weighted by Gasteiger charge is 2.11. The number of nitrogens with two attached hydrogens (primary N) is 1. The zero-order chi connectivity index (χ0) is 20.4. The summed E-state index contributed by atoms with van der Waals surface area (Å²) in [5.74, 6) is 0.605. The number of ether oxygens (including phenoxy) is 3. The van der Waals surface area contributed by atoms with E-state index in [1.54, 1.807) is 42.5 Å². The number of hydrogen-bond acceptors (Lipinski definition) is 6. The van der Waals surface area contributed by atoms with E-state index in [9.17, 15) is 9.59 Å². The van der Waals surface area contributed by atoms with Crippen LogP contribution in [0.15, 0.2) is 47.6 Å². The van der Waals surface area contributed by atoms with Gasteiger partial charge < -0.3 is 19.9 Å². The topological polar surface area (TPSA) is 112 Å². The van der Waals surface area contributed by atoms with Crippen LogP contribution in [-0.2, 0) is 4.79 Å². The minimum Gasteiger partial charge on any atom is -0.490 e. The number of hydrazone groups is 1. The number of primary amides is 1. The number of carbonyl (C=O) groups excluding carboxylic acids is 2. The second-order valence-electron chi connectivity index (χ2n) is 5.55. The fourth-order valence-corrected chi connectivity index (χ4v) is 2.26. The van der Waals surface area contributed by atoms with Crippen molar-refractivity contribution in [3.05, 3.63) is 53.6 Å². The average Bonchev–Trinajstić information content (AvgIpc) is 2.68. The van der Waals surface area contributed by atoms with Crippen LogP contribution >= 0.6 is 0 Å². The molecule has 0 bridgehead atoms. The first kappa shape index (κ1) is 20.8. The van der Waals surface area contributed by atoms with Crippen molar-refractivity contribution in [2.75, 3.05) is 19.8 Å². The third-order valence-corrected chi connectivity index (χ3v) is 3.42. The predicted octanol–water partition coefficient (Wildman–Crippen LogP) is 2.11. The van der Waals surface area contributed by atoms with Gasteiger partial charge in [-0.2, -0.15) is 5.10 Å². The Morgan fingerprint density at radius 2 is 1.79 bits per heavy atom. The molecule has 0 fully saturated rings. The van der Waals surface area contributed by atoms with Crippen molar-refractivity contribution in [3.8, 4) is 17.2 Å². The molecular weight excluding hydrogens is 362 g/mol. The molecule has 2 aromatic rings. The number of rotatable bonds is 10. The lowest BCUT2D eigenvalue weighted by Gasteiger charge is -2.11. The van der Waals surface area contributed by atoms with Gasteiger partial charge in [-0.15, -0.1) is 0 Å². The van der Waals surface area contributed by atoms with Crippen molar-refractivity contribution in [2.24, 2.45) is 10.8 Å². The summed E-state index contributed by atoms with van der Waals surface area (Å²) in [5.41, 5.74) is 8.58. The standard InChI is InChI=1S/C20H23N3O5/c1-3-26-17-9-8-15(11-18(17)27-4-2)20(25)23-22-12-14-6-5-7-16(10-14)28-13-19(21)24/h5-12H,3-4,13H2,1-2H3,(H2,21,24)(H,23,25)/b22-12+. The summed E-state index contributed by atoms with van der Waals surface area (Å²) in [6.07, 6.45) is 1.47. The third kappa shape index (κ3) is 6.31. The van der Waals surface area contributed by atoms with E-state index in [2.05, 4.69) is 10.5 Å². The van der Waals surface area contributed by atoms with Gasteiger partial charge in [0.1, 0.15) is 5.75 Å². The number of amides is 2. The first-order chi connectivity index (χ1) is 13.5. The molecular formula is C20H23N3O5. The fourth-order valence-electron chi connectivity index (χ4n) is 2.26. The number of nitrogens with one attached hydrogen (secondary N) is 1. The van der Waals surface area contributed by atoms with E-state index in [-0.39, 0.29) is 12.5 Å². The van der Waals surface area contributed by atoms with E-state index in [0.717, 1.165) is 0 Å². The number of nitrogens with zero attached hydrogens (tertiary/aromatic N) is 1. The van der Waals surface area contributed by atoms with E-state index in [1.807, 2.05) is 13.8 Å². The van der Waals surface area contributed by atoms with Gasteiger partial charge in [-0.25, -0.2) is 5.43 Å². The second kappa shape index (κ2) is 10.6. The summed E-state index contributed by atoms with van der Waals surface area (Å²) in [4.78, 5) is 23.1. The maximum absolute atomic E-state index is 12.3. The van der Waals surface area contributed by atoms with E-state index in [0.29, 0.717) is 41.6 Å². The van der Waals surface area contributed by atoms with Gasteiger partial charge in [0.25, 0.3) is 11.8 Å². The van der Waals surface area contributed by atoms with Crippen molar-refractivity contribution in [1.82, 2.24) is 5.43 Å². The number of benzene rings is 2. The van der Waals surface area contributed by atoms with Gasteiger partial charge >= 0.3 is 0 Å². The molecule has 0 radical (unpaired) electrons. The molecule has 0 saturated heterocycles. The molecule has 148 valence electrons. The van der Waals surface area contributed by atoms with Crippen molar-refractivity contribution in [3.63, 3.8) is 0 Å². The molecule has 2 rings (SSSR count). The molecule has 0 aliphatic carbocycles. The Balaban J connectivity index is 2.02. The molecule has 2 amide bonds. The minimum atomic E-state index is -0.562. The summed E-state index contributed by atoms with van der Waals surface area (Å²) in [6, 6.07) is 11.8. The predicted molar refractivity (Wildman–Crippen MR) is 105 cm³/mol. The van der Waals surface area contributed by atoms with Gasteiger partial charge in [-0.1, -0.05) is 12.1 Å². The lowest BCUT2D eigenvalue weighted by molar-refractivity contribution is -0.119. The molecule has 0 unspecified atom stereocenters. The number of carbonyl (C=O) groups is 2. The second-order valence-corrected chi connectivity index (χ2v) is 5.55. The Hall–Kier alpha value is -3.55. The summed E-state index contributed by atoms with van der Waals surface area (Å²) in [6.45, 7) is 4.47. The van der Waals surface area contributed by atoms with Crippen LogP contribution in [0.1, 0.15) is 29.8 Å². The summed E-state index contributed by atoms with van der Waals surface area (Å²) in [7, 11) is 0. The first-order valence-corrected chi connectivity index (χ1v) is 8.77. The molecule has 0 aromatic heterocycles. The SMILES string of the molecule is CCOc1ccc(C(=O)N/N=C/c2cccc(OCC(N)=O)c2)cc1OCC. The molecule has 0 aliphatic heterocycles. The zero-order valence-corrected chi connectivity index (χ0v) is 15.8. The van der Waals surface area contributed by atoms with Gasteiger partial charge in [-0.3, -0.25) is 9.59 Å². The molecule has 0 heterocycles. The average molecular weight is 385 g/mol. The van der Waals surface area contributed by atoms with Crippen LogP contribution in [0, 0.1) is 0 Å². The van der Waals surface area contributed by atoms with Gasteiger partial charge in [0, 0.05) is 5.56 Å². The van der Waals surface area contributed by atoms with E-state index in [4.69, 9.17) is 19.9 Å². The Morgan fingerprint density at radius 3 is 2.50 bits per heavy atom. The smallest absolute Gasteiger partial charge is 0.271 e. The third-order valence-electron chi connectivity index (χ3n) is 3.42. The van der Waals surface area contributed by atoms with E-state index >= 15 is 0 Å². The fraction of sp³-hybridized carbons (Fsp3) is 0.250. The van der Waals surface area contributed by atoms with Gasteiger partial charge in [0.2, 0.25) is 0 Å². The summed E-state index contributed by atoms with van der Waals surface area (Å²) in [5, 5.41) is 3.94. The maximum atomic E-state index is 12.3. The van der Waals surface area contributed by atoms with Crippen LogP contribution in [0.5, 0.6) is 17.2 Å². The quantitative estimate of drug-likeness (QED) is 0.480. The zero-order valence-electron chi connectivity index (χ0n) is 15.8. The largest absolute Gasteiger partial charge is 0.490 e. The van der Waals surface area contributed by atoms with Gasteiger partial charge in [-0.05, 0) is 49.7 Å². The molecule has 8 nitrogen and oxygen atoms in total. The van der Waals surface area contributed by atoms with Crippen LogP contribution in [0.3, 0.4) is 0 Å². The summed E-state index contributed by atoms with van der Waals surface area (Å²) < 4.78 is 16.2. The Morgan fingerprint density at radius 1 is 1.04 bits per heavy atom. The van der Waals surface area contributed by atoms with Crippen LogP contribution < -0.4 is 25.4 Å². The van der Waals surface area contributed by atoms with Crippen LogP contribution in [-0.4, -0.2) is 37.8 Å². The van der Waals surface area contributed by atoms with E-state index < -0.39 is 5.91 Å². The molecule has 2 aromatic carbocycles. The van der Waals surface area contributed by atoms with Crippen LogP contribution in [0.4, 0.5) is 0 Å². The number of hydrogen-bond donors (Lipinski definition) is 2. The van der Waals surface area contributed by atoms with Crippen molar-refractivity contribution < 1.29 is 23.8 Å². The normalized spacial score (nSPS) is 10.5. The molecule has 0 atom stereocenters. The lowest BCUT2D eigenvalue weighted by atomic mass is 10.2. The molecule has 0 spiro atoms. The monoisotopic (exact) mass is 385 g/mol. The summed E-state index contributed by atoms with van der Waals surface area (Å²) >= 11 is 0. The van der Waals surface area contributed by atoms with E-state index in [1.165, 1.54) is 6.21 Å². The Bertz CT molecular complexity index is 851.